The first kappa shape index (κ1) is 14.1. The summed E-state index contributed by atoms with van der Waals surface area (Å²) in [4.78, 5) is 14.5. The van der Waals surface area contributed by atoms with Crippen molar-refractivity contribution in [1.82, 2.24) is 4.90 Å². The largest absolute Gasteiger partial charge is 0.383 e. The third-order valence-corrected chi connectivity index (χ3v) is 3.80. The molecule has 3 nitrogen and oxygen atoms in total. The van der Waals surface area contributed by atoms with E-state index in [-0.39, 0.29) is 11.9 Å². The zero-order chi connectivity index (χ0) is 13.8. The van der Waals surface area contributed by atoms with Crippen LogP contribution in [0.25, 0.3) is 0 Å². The summed E-state index contributed by atoms with van der Waals surface area (Å²) < 4.78 is 5.21. The fraction of sp³-hybridized carbons (Fsp3) is 0.562. The molecule has 3 heteroatoms. The van der Waals surface area contributed by atoms with Crippen molar-refractivity contribution < 1.29 is 9.53 Å². The molecule has 1 aliphatic heterocycles. The Balaban J connectivity index is 2.16. The Bertz CT molecular complexity index is 442. The van der Waals surface area contributed by atoms with Gasteiger partial charge in [0, 0.05) is 19.2 Å². The van der Waals surface area contributed by atoms with Crippen LogP contribution in [0.3, 0.4) is 0 Å². The second kappa shape index (κ2) is 6.20. The first-order valence-electron chi connectivity index (χ1n) is 7.03. The molecule has 0 N–H and O–H groups in total. The summed E-state index contributed by atoms with van der Waals surface area (Å²) in [5.41, 5.74) is 2.02. The molecule has 0 aliphatic carbocycles. The highest BCUT2D eigenvalue weighted by molar-refractivity contribution is 5.94. The van der Waals surface area contributed by atoms with Crippen LogP contribution in [0.5, 0.6) is 0 Å². The number of nitrogens with zero attached hydrogens (tertiary/aromatic N) is 1. The number of amides is 1. The number of carbonyl (C=O) groups is 1. The molecule has 0 bridgehead atoms. The Hall–Kier alpha value is -1.35. The van der Waals surface area contributed by atoms with E-state index in [0.29, 0.717) is 12.5 Å². The zero-order valence-electron chi connectivity index (χ0n) is 12.1. The monoisotopic (exact) mass is 261 g/mol. The highest BCUT2D eigenvalue weighted by atomic mass is 16.5. The Morgan fingerprint density at radius 3 is 2.95 bits per heavy atom. The van der Waals surface area contributed by atoms with Crippen LogP contribution in [0.2, 0.25) is 0 Å². The number of methoxy groups -OCH3 is 1. The molecular weight excluding hydrogens is 238 g/mol. The highest BCUT2D eigenvalue weighted by Gasteiger charge is 2.29. The van der Waals surface area contributed by atoms with Crippen molar-refractivity contribution in [2.45, 2.75) is 38.6 Å². The Morgan fingerprint density at radius 1 is 1.47 bits per heavy atom. The molecule has 1 amide bonds. The van der Waals surface area contributed by atoms with Crippen LogP contribution >= 0.6 is 0 Å². The van der Waals surface area contributed by atoms with Crippen LogP contribution in [0, 0.1) is 0 Å². The van der Waals surface area contributed by atoms with E-state index in [1.807, 2.05) is 23.1 Å². The predicted octanol–water partition coefficient (Wildman–Crippen LogP) is 3.06. The molecule has 2 rings (SSSR count). The molecule has 0 radical (unpaired) electrons. The summed E-state index contributed by atoms with van der Waals surface area (Å²) in [7, 11) is 1.69. The standard InChI is InChI=1S/C16H23NO2/c1-12(2)13-6-4-7-14(10-13)16(18)17-9-5-8-15(17)11-19-3/h4,6-7,10,12,15H,5,8-9,11H2,1-3H3/t15-/m1/s1. The average molecular weight is 261 g/mol. The van der Waals surface area contributed by atoms with E-state index in [0.717, 1.165) is 24.9 Å². The van der Waals surface area contributed by atoms with Crippen molar-refractivity contribution >= 4 is 5.91 Å². The van der Waals surface area contributed by atoms with Crippen LogP contribution in [0.4, 0.5) is 0 Å². The van der Waals surface area contributed by atoms with Gasteiger partial charge in [-0.15, -0.1) is 0 Å². The van der Waals surface area contributed by atoms with Crippen LogP contribution in [-0.2, 0) is 4.74 Å². The van der Waals surface area contributed by atoms with E-state index >= 15 is 0 Å². The Labute approximate surface area is 115 Å². The molecule has 19 heavy (non-hydrogen) atoms. The van der Waals surface area contributed by atoms with Gasteiger partial charge >= 0.3 is 0 Å². The Kier molecular flexibility index (Phi) is 4.59. The van der Waals surface area contributed by atoms with Crippen molar-refractivity contribution in [2.24, 2.45) is 0 Å². The maximum absolute atomic E-state index is 12.6. The average Bonchev–Trinajstić information content (AvgIpc) is 2.86. The van der Waals surface area contributed by atoms with Gasteiger partial charge in [0.15, 0.2) is 0 Å². The normalized spacial score (nSPS) is 19.2. The second-order valence-electron chi connectivity index (χ2n) is 5.53. The number of hydrogen-bond acceptors (Lipinski definition) is 2. The lowest BCUT2D eigenvalue weighted by Crippen LogP contribution is -2.38. The van der Waals surface area contributed by atoms with Crippen LogP contribution < -0.4 is 0 Å². The lowest BCUT2D eigenvalue weighted by Gasteiger charge is -2.24. The van der Waals surface area contributed by atoms with Gasteiger partial charge in [-0.05, 0) is 36.5 Å². The zero-order valence-corrected chi connectivity index (χ0v) is 12.1. The number of carbonyl (C=O) groups excluding carboxylic acids is 1. The first-order valence-corrected chi connectivity index (χ1v) is 7.03. The minimum atomic E-state index is 0.141. The van der Waals surface area contributed by atoms with E-state index < -0.39 is 0 Å². The van der Waals surface area contributed by atoms with Crippen molar-refractivity contribution in [2.75, 3.05) is 20.3 Å². The second-order valence-corrected chi connectivity index (χ2v) is 5.53. The molecule has 1 atom stereocenters. The summed E-state index contributed by atoms with van der Waals surface area (Å²) in [6.45, 7) is 5.77. The van der Waals surface area contributed by atoms with Crippen LogP contribution in [0.15, 0.2) is 24.3 Å². The summed E-state index contributed by atoms with van der Waals surface area (Å²) in [6.07, 6.45) is 2.12. The third kappa shape index (κ3) is 3.16. The topological polar surface area (TPSA) is 29.5 Å². The van der Waals surface area contributed by atoms with Crippen molar-refractivity contribution in [3.05, 3.63) is 35.4 Å². The fourth-order valence-corrected chi connectivity index (χ4v) is 2.67. The number of ether oxygens (including phenoxy) is 1. The van der Waals surface area contributed by atoms with Gasteiger partial charge in [-0.1, -0.05) is 26.0 Å². The van der Waals surface area contributed by atoms with E-state index in [2.05, 4.69) is 19.9 Å². The molecule has 1 fully saturated rings. The summed E-state index contributed by atoms with van der Waals surface area (Å²) in [5, 5.41) is 0. The minimum absolute atomic E-state index is 0.141. The van der Waals surface area contributed by atoms with Crippen LogP contribution in [0.1, 0.15) is 48.5 Å². The SMILES string of the molecule is COC[C@H]1CCCN1C(=O)c1cccc(C(C)C)c1. The maximum Gasteiger partial charge on any atom is 0.254 e. The van der Waals surface area contributed by atoms with Crippen molar-refractivity contribution in [1.29, 1.82) is 0 Å². The lowest BCUT2D eigenvalue weighted by atomic mass is 10.0. The van der Waals surface area contributed by atoms with Crippen LogP contribution in [-0.4, -0.2) is 37.1 Å². The van der Waals surface area contributed by atoms with Gasteiger partial charge in [0.05, 0.1) is 12.6 Å². The predicted molar refractivity (Wildman–Crippen MR) is 76.5 cm³/mol. The summed E-state index contributed by atoms with van der Waals surface area (Å²) in [6, 6.07) is 8.23. The van der Waals surface area contributed by atoms with Gasteiger partial charge in [0.2, 0.25) is 0 Å². The first-order chi connectivity index (χ1) is 9.13. The molecule has 0 saturated carbocycles. The Morgan fingerprint density at radius 2 is 2.26 bits per heavy atom. The number of likely N-dealkylation sites (tertiary alicyclic amines) is 1. The molecule has 0 spiro atoms. The third-order valence-electron chi connectivity index (χ3n) is 3.80. The van der Waals surface area contributed by atoms with Crippen molar-refractivity contribution in [3.63, 3.8) is 0 Å². The maximum atomic E-state index is 12.6. The molecule has 1 aromatic rings. The number of rotatable bonds is 4. The molecule has 1 saturated heterocycles. The summed E-state index contributed by atoms with van der Waals surface area (Å²) >= 11 is 0. The van der Waals surface area contributed by atoms with Gasteiger partial charge < -0.3 is 9.64 Å². The fourth-order valence-electron chi connectivity index (χ4n) is 2.67. The van der Waals surface area contributed by atoms with E-state index in [1.165, 1.54) is 5.56 Å². The van der Waals surface area contributed by atoms with Gasteiger partial charge in [-0.3, -0.25) is 4.79 Å². The molecular formula is C16H23NO2. The molecule has 1 heterocycles. The number of benzene rings is 1. The highest BCUT2D eigenvalue weighted by Crippen LogP contribution is 2.22. The molecule has 0 unspecified atom stereocenters. The van der Waals surface area contributed by atoms with E-state index in [9.17, 15) is 4.79 Å². The van der Waals surface area contributed by atoms with Gasteiger partial charge in [-0.25, -0.2) is 0 Å². The van der Waals surface area contributed by atoms with Crippen molar-refractivity contribution in [3.8, 4) is 0 Å². The quantitative estimate of drug-likeness (QED) is 0.833. The molecule has 1 aromatic carbocycles. The van der Waals surface area contributed by atoms with Gasteiger partial charge in [0.25, 0.3) is 5.91 Å². The van der Waals surface area contributed by atoms with E-state index in [1.54, 1.807) is 7.11 Å². The number of hydrogen-bond donors (Lipinski definition) is 0. The van der Waals surface area contributed by atoms with Gasteiger partial charge in [-0.2, -0.15) is 0 Å². The smallest absolute Gasteiger partial charge is 0.254 e. The minimum Gasteiger partial charge on any atom is -0.383 e. The van der Waals surface area contributed by atoms with E-state index in [4.69, 9.17) is 4.74 Å². The molecule has 0 aromatic heterocycles. The van der Waals surface area contributed by atoms with Gasteiger partial charge in [0.1, 0.15) is 0 Å². The molecule has 104 valence electrons. The lowest BCUT2D eigenvalue weighted by molar-refractivity contribution is 0.0630. The summed E-state index contributed by atoms with van der Waals surface area (Å²) in [5.74, 6) is 0.586. The molecule has 1 aliphatic rings.